The van der Waals surface area contributed by atoms with Crippen LogP contribution in [0.4, 0.5) is 0 Å². The highest BCUT2D eigenvalue weighted by molar-refractivity contribution is 6.10. The molecule has 4 aromatic carbocycles. The molecule has 0 spiro atoms. The van der Waals surface area contributed by atoms with Gasteiger partial charge < -0.3 is 19.8 Å². The molecular formula is C30H24N2O3. The summed E-state index contributed by atoms with van der Waals surface area (Å²) >= 11 is 0. The first-order chi connectivity index (χ1) is 17.1. The largest absolute Gasteiger partial charge is 0.478 e. The lowest BCUT2D eigenvalue weighted by Crippen LogP contribution is -2.03. The maximum absolute atomic E-state index is 11.4. The van der Waals surface area contributed by atoms with Crippen LogP contribution < -0.4 is 5.73 Å². The number of nitrogens with two attached hydrogens (primary N) is 1. The zero-order valence-corrected chi connectivity index (χ0v) is 19.1. The molecule has 0 bridgehead atoms. The molecule has 6 aromatic rings. The van der Waals surface area contributed by atoms with E-state index in [1.54, 1.807) is 18.2 Å². The highest BCUT2D eigenvalue weighted by Crippen LogP contribution is 2.37. The number of carbonyl (C=O) groups is 1. The van der Waals surface area contributed by atoms with Crippen molar-refractivity contribution >= 4 is 38.8 Å². The number of fused-ring (bicyclic) bond motifs is 4. The van der Waals surface area contributed by atoms with Gasteiger partial charge in [-0.1, -0.05) is 54.6 Å². The molecule has 3 N–H and O–H groups in total. The van der Waals surface area contributed by atoms with E-state index in [0.717, 1.165) is 56.0 Å². The standard InChI is InChI=1S/C30H24N2O3/c31-14-13-22-18-32(17-19-5-3-6-21(15-19)30(33)34)27-12-11-20(16-26(22)27)23-8-4-9-25-24-7-1-2-10-28(24)35-29(23)25/h1-12,15-16,18H,13-14,17,31H2,(H,33,34). The normalized spacial score (nSPS) is 11.6. The van der Waals surface area contributed by atoms with Gasteiger partial charge in [0.05, 0.1) is 5.56 Å². The summed E-state index contributed by atoms with van der Waals surface area (Å²) in [5.74, 6) is -0.919. The third-order valence-corrected chi connectivity index (χ3v) is 6.62. The second-order valence-corrected chi connectivity index (χ2v) is 8.84. The number of hydrogen-bond acceptors (Lipinski definition) is 3. The molecule has 0 aliphatic heterocycles. The molecule has 2 aromatic heterocycles. The minimum absolute atomic E-state index is 0.294. The van der Waals surface area contributed by atoms with Gasteiger partial charge in [0.1, 0.15) is 11.2 Å². The van der Waals surface area contributed by atoms with Crippen molar-refractivity contribution in [3.8, 4) is 11.1 Å². The summed E-state index contributed by atoms with van der Waals surface area (Å²) in [5.41, 5.74) is 13.4. The molecule has 0 aliphatic rings. The van der Waals surface area contributed by atoms with Gasteiger partial charge in [-0.3, -0.25) is 0 Å². The summed E-state index contributed by atoms with van der Waals surface area (Å²) in [5, 5.41) is 12.7. The predicted octanol–water partition coefficient (Wildman–Crippen LogP) is 6.46. The van der Waals surface area contributed by atoms with Crippen LogP contribution in [0.5, 0.6) is 0 Å². The van der Waals surface area contributed by atoms with Crippen molar-refractivity contribution in [2.24, 2.45) is 5.73 Å². The van der Waals surface area contributed by atoms with E-state index in [1.165, 1.54) is 5.56 Å². The van der Waals surface area contributed by atoms with Crippen LogP contribution in [-0.2, 0) is 13.0 Å². The first kappa shape index (κ1) is 21.2. The molecule has 0 radical (unpaired) electrons. The van der Waals surface area contributed by atoms with Gasteiger partial charge >= 0.3 is 5.97 Å². The van der Waals surface area contributed by atoms with Crippen LogP contribution in [0.3, 0.4) is 0 Å². The summed E-state index contributed by atoms with van der Waals surface area (Å²) in [7, 11) is 0. The Morgan fingerprint density at radius 1 is 0.886 bits per heavy atom. The van der Waals surface area contributed by atoms with Gasteiger partial charge in [-0.05, 0) is 60.0 Å². The smallest absolute Gasteiger partial charge is 0.335 e. The molecule has 0 unspecified atom stereocenters. The van der Waals surface area contributed by atoms with Crippen LogP contribution in [0, 0.1) is 0 Å². The number of carboxylic acid groups (broad SMARTS) is 1. The number of carboxylic acids is 1. The zero-order valence-electron chi connectivity index (χ0n) is 19.1. The Morgan fingerprint density at radius 2 is 1.71 bits per heavy atom. The molecule has 172 valence electrons. The first-order valence-corrected chi connectivity index (χ1v) is 11.7. The topological polar surface area (TPSA) is 81.4 Å². The molecule has 0 atom stereocenters. The van der Waals surface area contributed by atoms with Crippen molar-refractivity contribution in [2.45, 2.75) is 13.0 Å². The Morgan fingerprint density at radius 3 is 2.57 bits per heavy atom. The first-order valence-electron chi connectivity index (χ1n) is 11.7. The van der Waals surface area contributed by atoms with E-state index in [4.69, 9.17) is 10.2 Å². The van der Waals surface area contributed by atoms with E-state index >= 15 is 0 Å². The van der Waals surface area contributed by atoms with Crippen molar-refractivity contribution in [1.82, 2.24) is 4.57 Å². The number of aromatic carboxylic acids is 1. The molecule has 0 saturated carbocycles. The van der Waals surface area contributed by atoms with Gasteiger partial charge in [0.15, 0.2) is 0 Å². The Hall–Kier alpha value is -4.35. The summed E-state index contributed by atoms with van der Waals surface area (Å²) in [6, 6.07) is 28.0. The monoisotopic (exact) mass is 460 g/mol. The van der Waals surface area contributed by atoms with Crippen LogP contribution >= 0.6 is 0 Å². The lowest BCUT2D eigenvalue weighted by atomic mass is 9.99. The van der Waals surface area contributed by atoms with Crippen LogP contribution in [0.15, 0.2) is 95.5 Å². The molecule has 5 heteroatoms. The highest BCUT2D eigenvalue weighted by atomic mass is 16.4. The zero-order chi connectivity index (χ0) is 23.9. The average Bonchev–Trinajstić information content (AvgIpc) is 3.42. The van der Waals surface area contributed by atoms with E-state index in [9.17, 15) is 9.90 Å². The fourth-order valence-corrected chi connectivity index (χ4v) is 5.00. The van der Waals surface area contributed by atoms with Gasteiger partial charge in [0, 0.05) is 40.0 Å². The summed E-state index contributed by atoms with van der Waals surface area (Å²) in [4.78, 5) is 11.4. The van der Waals surface area contributed by atoms with Crippen LogP contribution in [0.25, 0.3) is 44.0 Å². The number of furan rings is 1. The second kappa shape index (κ2) is 8.46. The van der Waals surface area contributed by atoms with E-state index in [0.29, 0.717) is 18.7 Å². The minimum atomic E-state index is -0.919. The van der Waals surface area contributed by atoms with Gasteiger partial charge in [-0.25, -0.2) is 4.79 Å². The third-order valence-electron chi connectivity index (χ3n) is 6.62. The molecule has 0 aliphatic carbocycles. The molecule has 6 rings (SSSR count). The van der Waals surface area contributed by atoms with Gasteiger partial charge in [-0.15, -0.1) is 0 Å². The van der Waals surface area contributed by atoms with Crippen LogP contribution in [-0.4, -0.2) is 22.2 Å². The molecule has 2 heterocycles. The summed E-state index contributed by atoms with van der Waals surface area (Å²) in [6.45, 7) is 1.14. The average molecular weight is 461 g/mol. The van der Waals surface area contributed by atoms with Crippen molar-refractivity contribution in [2.75, 3.05) is 6.54 Å². The lowest BCUT2D eigenvalue weighted by molar-refractivity contribution is 0.0696. The van der Waals surface area contributed by atoms with Crippen molar-refractivity contribution in [1.29, 1.82) is 0 Å². The summed E-state index contributed by atoms with van der Waals surface area (Å²) in [6.07, 6.45) is 2.90. The number of benzene rings is 4. The number of hydrogen-bond donors (Lipinski definition) is 2. The van der Waals surface area contributed by atoms with E-state index in [-0.39, 0.29) is 0 Å². The number of para-hydroxylation sites is 2. The van der Waals surface area contributed by atoms with Gasteiger partial charge in [-0.2, -0.15) is 0 Å². The predicted molar refractivity (Wildman–Crippen MR) is 140 cm³/mol. The SMILES string of the molecule is NCCc1cn(Cc2cccc(C(=O)O)c2)c2ccc(-c3cccc4c3oc3ccccc34)cc12. The quantitative estimate of drug-likeness (QED) is 0.299. The summed E-state index contributed by atoms with van der Waals surface area (Å²) < 4.78 is 8.44. The Bertz CT molecular complexity index is 1720. The highest BCUT2D eigenvalue weighted by Gasteiger charge is 2.15. The maximum atomic E-state index is 11.4. The van der Waals surface area contributed by atoms with Gasteiger partial charge in [0.2, 0.25) is 0 Å². The van der Waals surface area contributed by atoms with E-state index < -0.39 is 5.97 Å². The number of aromatic nitrogens is 1. The Labute approximate surface area is 202 Å². The fraction of sp³-hybridized carbons (Fsp3) is 0.100. The molecule has 5 nitrogen and oxygen atoms in total. The minimum Gasteiger partial charge on any atom is -0.478 e. The maximum Gasteiger partial charge on any atom is 0.335 e. The van der Waals surface area contributed by atoms with Gasteiger partial charge in [0.25, 0.3) is 0 Å². The molecule has 0 fully saturated rings. The van der Waals surface area contributed by atoms with Crippen molar-refractivity contribution < 1.29 is 14.3 Å². The lowest BCUT2D eigenvalue weighted by Gasteiger charge is -2.08. The number of rotatable bonds is 6. The molecular weight excluding hydrogens is 436 g/mol. The fourth-order valence-electron chi connectivity index (χ4n) is 5.00. The van der Waals surface area contributed by atoms with Crippen LogP contribution in [0.1, 0.15) is 21.5 Å². The Kier molecular flexibility index (Phi) is 5.12. The van der Waals surface area contributed by atoms with E-state index in [2.05, 4.69) is 53.2 Å². The molecule has 0 amide bonds. The number of nitrogens with zero attached hydrogens (tertiary/aromatic N) is 1. The molecule has 35 heavy (non-hydrogen) atoms. The third kappa shape index (κ3) is 3.66. The van der Waals surface area contributed by atoms with Crippen LogP contribution in [0.2, 0.25) is 0 Å². The second-order valence-electron chi connectivity index (χ2n) is 8.84. The van der Waals surface area contributed by atoms with Crippen molar-refractivity contribution in [3.63, 3.8) is 0 Å². The van der Waals surface area contributed by atoms with E-state index in [1.807, 2.05) is 24.3 Å². The van der Waals surface area contributed by atoms with Crippen molar-refractivity contribution in [3.05, 3.63) is 108 Å². The Balaban J connectivity index is 1.48. The molecule has 0 saturated heterocycles.